The Balaban J connectivity index is 2.63. The van der Waals surface area contributed by atoms with Crippen LogP contribution in [0.3, 0.4) is 0 Å². The molecule has 0 N–H and O–H groups in total. The summed E-state index contributed by atoms with van der Waals surface area (Å²) in [5.74, 6) is -1.72. The summed E-state index contributed by atoms with van der Waals surface area (Å²) in [6.07, 6.45) is 3.49. The highest BCUT2D eigenvalue weighted by Gasteiger charge is 2.36. The standard InChI is InChI=1S/C13H11NO5S/c1-3-5-9-6-4-7-10-11(9)8(2)12(15)14(13(10)16)19-20(17)18/h3-7,20H,2H2,1H3/b5-3-. The second-order valence-electron chi connectivity index (χ2n) is 3.96. The lowest BCUT2D eigenvalue weighted by atomic mass is 9.91. The van der Waals surface area contributed by atoms with Crippen molar-refractivity contribution in [1.29, 1.82) is 0 Å². The van der Waals surface area contributed by atoms with Crippen molar-refractivity contribution in [3.63, 3.8) is 0 Å². The minimum Gasteiger partial charge on any atom is -0.266 e. The number of carbonyl (C=O) groups is 2. The molecule has 0 aromatic heterocycles. The Kier molecular flexibility index (Phi) is 3.82. The fourth-order valence-electron chi connectivity index (χ4n) is 1.98. The molecular weight excluding hydrogens is 282 g/mol. The average Bonchev–Trinajstić information content (AvgIpc) is 2.41. The molecule has 0 aliphatic carbocycles. The molecule has 1 aromatic carbocycles. The molecule has 0 fully saturated rings. The van der Waals surface area contributed by atoms with Gasteiger partial charge in [0.1, 0.15) is 0 Å². The fraction of sp³-hybridized carbons (Fsp3) is 0.0769. The highest BCUT2D eigenvalue weighted by Crippen LogP contribution is 2.31. The fourth-order valence-corrected chi connectivity index (χ4v) is 2.26. The number of hydroxylamine groups is 2. The molecule has 2 rings (SSSR count). The predicted molar refractivity (Wildman–Crippen MR) is 72.8 cm³/mol. The van der Waals surface area contributed by atoms with Crippen LogP contribution in [0.1, 0.15) is 28.4 Å². The smallest absolute Gasteiger partial charge is 0.266 e. The van der Waals surface area contributed by atoms with Crippen LogP contribution in [0.2, 0.25) is 0 Å². The summed E-state index contributed by atoms with van der Waals surface area (Å²) in [6, 6.07) is 4.84. The molecule has 20 heavy (non-hydrogen) atoms. The number of rotatable bonds is 3. The molecule has 2 amide bonds. The van der Waals surface area contributed by atoms with Gasteiger partial charge in [-0.1, -0.05) is 30.9 Å². The molecular formula is C13H11NO5S. The van der Waals surface area contributed by atoms with Crippen LogP contribution in [0, 0.1) is 0 Å². The number of fused-ring (bicyclic) bond motifs is 1. The molecule has 1 aliphatic rings. The van der Waals surface area contributed by atoms with Crippen LogP contribution in [0.4, 0.5) is 0 Å². The highest BCUT2D eigenvalue weighted by molar-refractivity contribution is 7.67. The molecule has 104 valence electrons. The van der Waals surface area contributed by atoms with Gasteiger partial charge in [-0.05, 0) is 18.6 Å². The number of hydrogen-bond donors (Lipinski definition) is 1. The maximum atomic E-state index is 12.1. The van der Waals surface area contributed by atoms with Crippen molar-refractivity contribution in [2.75, 3.05) is 0 Å². The Bertz CT molecular complexity index is 709. The number of amides is 2. The Morgan fingerprint density at radius 2 is 1.95 bits per heavy atom. The Morgan fingerprint density at radius 3 is 2.55 bits per heavy atom. The van der Waals surface area contributed by atoms with Gasteiger partial charge in [0.15, 0.2) is 0 Å². The molecule has 7 heteroatoms. The predicted octanol–water partition coefficient (Wildman–Crippen LogP) is 1.17. The van der Waals surface area contributed by atoms with Crippen molar-refractivity contribution >= 4 is 34.4 Å². The lowest BCUT2D eigenvalue weighted by Gasteiger charge is -2.25. The first kappa shape index (κ1) is 14.2. The van der Waals surface area contributed by atoms with Crippen LogP contribution >= 0.6 is 0 Å². The van der Waals surface area contributed by atoms with E-state index in [0.717, 1.165) is 0 Å². The van der Waals surface area contributed by atoms with E-state index in [9.17, 15) is 18.0 Å². The molecule has 0 bridgehead atoms. The zero-order chi connectivity index (χ0) is 14.9. The van der Waals surface area contributed by atoms with E-state index >= 15 is 0 Å². The summed E-state index contributed by atoms with van der Waals surface area (Å²) >= 11 is 0. The van der Waals surface area contributed by atoms with Gasteiger partial charge in [0.2, 0.25) is 0 Å². The zero-order valence-electron chi connectivity index (χ0n) is 10.5. The van der Waals surface area contributed by atoms with E-state index in [-0.39, 0.29) is 16.2 Å². The monoisotopic (exact) mass is 293 g/mol. The summed E-state index contributed by atoms with van der Waals surface area (Å²) in [5, 5.41) is 0.204. The molecule has 0 saturated carbocycles. The molecule has 0 spiro atoms. The van der Waals surface area contributed by atoms with Crippen LogP contribution in [-0.4, -0.2) is 25.3 Å². The minimum atomic E-state index is -3.37. The number of carbonyl (C=O) groups excluding carboxylic acids is 2. The first-order valence-corrected chi connectivity index (χ1v) is 6.73. The first-order chi connectivity index (χ1) is 9.47. The highest BCUT2D eigenvalue weighted by atomic mass is 32.2. The molecule has 0 unspecified atom stereocenters. The van der Waals surface area contributed by atoms with E-state index in [1.165, 1.54) is 6.07 Å². The van der Waals surface area contributed by atoms with Crippen molar-refractivity contribution in [1.82, 2.24) is 5.06 Å². The van der Waals surface area contributed by atoms with Crippen molar-refractivity contribution in [3.05, 3.63) is 47.5 Å². The zero-order valence-corrected chi connectivity index (χ0v) is 11.4. The summed E-state index contributed by atoms with van der Waals surface area (Å²) in [7, 11) is -3.37. The molecule has 1 aliphatic heterocycles. The number of hydrogen-bond acceptors (Lipinski definition) is 5. The molecule has 0 saturated heterocycles. The van der Waals surface area contributed by atoms with Crippen LogP contribution in [0.5, 0.6) is 0 Å². The number of allylic oxidation sites excluding steroid dienone is 1. The summed E-state index contributed by atoms with van der Waals surface area (Å²) in [5.41, 5.74) is 1.22. The van der Waals surface area contributed by atoms with E-state index in [0.29, 0.717) is 11.1 Å². The third-order valence-corrected chi connectivity index (χ3v) is 3.05. The third kappa shape index (κ3) is 2.28. The van der Waals surface area contributed by atoms with Gasteiger partial charge in [-0.2, -0.15) is 0 Å². The molecule has 6 nitrogen and oxygen atoms in total. The van der Waals surface area contributed by atoms with Gasteiger partial charge in [-0.3, -0.25) is 9.59 Å². The van der Waals surface area contributed by atoms with Gasteiger partial charge in [-0.15, -0.1) is 9.35 Å². The molecule has 1 aromatic rings. The Hall–Kier alpha value is -2.25. The number of imide groups is 1. The lowest BCUT2D eigenvalue weighted by molar-refractivity contribution is -0.140. The molecule has 1 heterocycles. The Morgan fingerprint density at radius 1 is 1.25 bits per heavy atom. The van der Waals surface area contributed by atoms with Gasteiger partial charge in [0, 0.05) is 11.1 Å². The van der Waals surface area contributed by atoms with Crippen LogP contribution in [0.15, 0.2) is 30.9 Å². The average molecular weight is 293 g/mol. The van der Waals surface area contributed by atoms with E-state index in [4.69, 9.17) is 0 Å². The van der Waals surface area contributed by atoms with Crippen LogP contribution in [-0.2, 0) is 20.1 Å². The maximum absolute atomic E-state index is 12.1. The second-order valence-corrected chi connectivity index (χ2v) is 4.57. The maximum Gasteiger partial charge on any atom is 0.286 e. The summed E-state index contributed by atoms with van der Waals surface area (Å²) in [6.45, 7) is 5.41. The van der Waals surface area contributed by atoms with Crippen molar-refractivity contribution in [2.24, 2.45) is 0 Å². The van der Waals surface area contributed by atoms with E-state index in [1.807, 2.05) is 0 Å². The van der Waals surface area contributed by atoms with E-state index in [2.05, 4.69) is 10.9 Å². The van der Waals surface area contributed by atoms with Crippen LogP contribution < -0.4 is 0 Å². The second kappa shape index (κ2) is 5.40. The van der Waals surface area contributed by atoms with Gasteiger partial charge in [0.25, 0.3) is 22.8 Å². The lowest BCUT2D eigenvalue weighted by Crippen LogP contribution is -2.41. The van der Waals surface area contributed by atoms with Crippen molar-refractivity contribution in [2.45, 2.75) is 6.92 Å². The number of thiol groups is 1. The van der Waals surface area contributed by atoms with Gasteiger partial charge < -0.3 is 0 Å². The largest absolute Gasteiger partial charge is 0.286 e. The normalized spacial score (nSPS) is 15.3. The third-order valence-electron chi connectivity index (χ3n) is 2.75. The molecule has 0 radical (unpaired) electrons. The quantitative estimate of drug-likeness (QED) is 0.514. The molecule has 0 atom stereocenters. The van der Waals surface area contributed by atoms with Crippen LogP contribution in [0.25, 0.3) is 11.6 Å². The van der Waals surface area contributed by atoms with Crippen molar-refractivity contribution < 1.29 is 22.3 Å². The van der Waals surface area contributed by atoms with Gasteiger partial charge in [-0.25, -0.2) is 8.42 Å². The SMILES string of the molecule is C=C1C(=O)N(O[SH](=O)=O)C(=O)c2cccc(/C=C\C)c21. The minimum absolute atomic E-state index is 0.00477. The number of nitrogens with zero attached hydrogens (tertiary/aromatic N) is 1. The van der Waals surface area contributed by atoms with Gasteiger partial charge in [0.05, 0.1) is 5.56 Å². The van der Waals surface area contributed by atoms with Gasteiger partial charge >= 0.3 is 0 Å². The first-order valence-electron chi connectivity index (χ1n) is 5.63. The van der Waals surface area contributed by atoms with E-state index < -0.39 is 22.8 Å². The summed E-state index contributed by atoms with van der Waals surface area (Å²) in [4.78, 5) is 24.1. The van der Waals surface area contributed by atoms with E-state index in [1.54, 1.807) is 31.2 Å². The van der Waals surface area contributed by atoms with Crippen molar-refractivity contribution in [3.8, 4) is 0 Å². The topological polar surface area (TPSA) is 80.8 Å². The number of benzene rings is 1. The Labute approximate surface area is 117 Å². The summed E-state index contributed by atoms with van der Waals surface area (Å²) < 4.78 is 25.4.